The van der Waals surface area contributed by atoms with Crippen molar-refractivity contribution in [1.82, 2.24) is 20.2 Å². The van der Waals surface area contributed by atoms with Gasteiger partial charge in [-0.2, -0.15) is 0 Å². The molecule has 0 amide bonds. The molecule has 0 bridgehead atoms. The number of fused-ring (bicyclic) bond motifs is 2. The molecular weight excluding hydrogens is 248 g/mol. The van der Waals surface area contributed by atoms with Crippen molar-refractivity contribution >= 4 is 11.0 Å². The Morgan fingerprint density at radius 1 is 1.30 bits per heavy atom. The van der Waals surface area contributed by atoms with Crippen LogP contribution < -0.4 is 5.32 Å². The summed E-state index contributed by atoms with van der Waals surface area (Å²) in [5, 5.41) is 3.54. The number of hydrogen-bond acceptors (Lipinski definition) is 3. The van der Waals surface area contributed by atoms with Crippen LogP contribution in [0, 0.1) is 11.8 Å². The van der Waals surface area contributed by atoms with Crippen LogP contribution in [0.3, 0.4) is 0 Å². The number of likely N-dealkylation sites (tertiary alicyclic amines) is 1. The van der Waals surface area contributed by atoms with Crippen LogP contribution in [-0.2, 0) is 6.54 Å². The molecular formula is C16H22N4. The Labute approximate surface area is 119 Å². The van der Waals surface area contributed by atoms with E-state index in [-0.39, 0.29) is 5.54 Å². The maximum atomic E-state index is 4.72. The number of para-hydroxylation sites is 2. The van der Waals surface area contributed by atoms with Crippen molar-refractivity contribution in [2.24, 2.45) is 11.8 Å². The Bertz CT molecular complexity index is 597. The van der Waals surface area contributed by atoms with Crippen LogP contribution >= 0.6 is 0 Å². The van der Waals surface area contributed by atoms with Gasteiger partial charge in [-0.3, -0.25) is 4.90 Å². The van der Waals surface area contributed by atoms with Crippen LogP contribution in [0.1, 0.15) is 19.7 Å². The Morgan fingerprint density at radius 2 is 2.15 bits per heavy atom. The largest absolute Gasteiger partial charge is 0.341 e. The van der Waals surface area contributed by atoms with Crippen molar-refractivity contribution in [3.8, 4) is 0 Å². The van der Waals surface area contributed by atoms with E-state index in [9.17, 15) is 0 Å². The fourth-order valence-electron chi connectivity index (χ4n) is 4.03. The number of benzene rings is 1. The number of nitrogens with one attached hydrogen (secondary N) is 2. The van der Waals surface area contributed by atoms with E-state index in [0.717, 1.165) is 41.8 Å². The fraction of sp³-hybridized carbons (Fsp3) is 0.562. The van der Waals surface area contributed by atoms with Gasteiger partial charge in [0.25, 0.3) is 0 Å². The van der Waals surface area contributed by atoms with Gasteiger partial charge in [0.1, 0.15) is 5.82 Å². The van der Waals surface area contributed by atoms with Crippen LogP contribution in [0.2, 0.25) is 0 Å². The highest BCUT2D eigenvalue weighted by molar-refractivity contribution is 5.74. The molecule has 0 aliphatic carbocycles. The number of aromatic nitrogens is 2. The van der Waals surface area contributed by atoms with E-state index in [1.807, 2.05) is 6.07 Å². The summed E-state index contributed by atoms with van der Waals surface area (Å²) in [6.07, 6.45) is 0. The number of hydrogen-bond donors (Lipinski definition) is 2. The smallest absolute Gasteiger partial charge is 0.121 e. The summed E-state index contributed by atoms with van der Waals surface area (Å²) >= 11 is 0. The highest BCUT2D eigenvalue weighted by atomic mass is 15.3. The minimum Gasteiger partial charge on any atom is -0.341 e. The lowest BCUT2D eigenvalue weighted by Gasteiger charge is -2.35. The van der Waals surface area contributed by atoms with Gasteiger partial charge in [0.2, 0.25) is 0 Å². The molecule has 20 heavy (non-hydrogen) atoms. The van der Waals surface area contributed by atoms with Gasteiger partial charge < -0.3 is 10.3 Å². The van der Waals surface area contributed by atoms with Crippen LogP contribution in [0.5, 0.6) is 0 Å². The van der Waals surface area contributed by atoms with Gasteiger partial charge >= 0.3 is 0 Å². The van der Waals surface area contributed by atoms with Crippen molar-refractivity contribution in [1.29, 1.82) is 0 Å². The van der Waals surface area contributed by atoms with Gasteiger partial charge in [0, 0.05) is 18.6 Å². The molecule has 4 heteroatoms. The molecule has 0 radical (unpaired) electrons. The zero-order valence-electron chi connectivity index (χ0n) is 12.2. The zero-order chi connectivity index (χ0) is 13.7. The third kappa shape index (κ3) is 1.79. The molecule has 0 saturated carbocycles. The normalized spacial score (nSPS) is 29.1. The molecule has 3 heterocycles. The van der Waals surface area contributed by atoms with Gasteiger partial charge in [0.05, 0.1) is 17.6 Å². The summed E-state index contributed by atoms with van der Waals surface area (Å²) in [5.41, 5.74) is 2.47. The number of nitrogens with zero attached hydrogens (tertiary/aromatic N) is 2. The predicted molar refractivity (Wildman–Crippen MR) is 80.4 cm³/mol. The minimum absolute atomic E-state index is 0.257. The van der Waals surface area contributed by atoms with E-state index in [1.165, 1.54) is 13.1 Å². The summed E-state index contributed by atoms with van der Waals surface area (Å²) in [6, 6.07) is 8.27. The van der Waals surface area contributed by atoms with Gasteiger partial charge in [-0.15, -0.1) is 0 Å². The Kier molecular flexibility index (Phi) is 2.66. The van der Waals surface area contributed by atoms with E-state index in [0.29, 0.717) is 0 Å². The monoisotopic (exact) mass is 270 g/mol. The average molecular weight is 270 g/mol. The quantitative estimate of drug-likeness (QED) is 0.877. The van der Waals surface area contributed by atoms with E-state index < -0.39 is 0 Å². The molecule has 2 aliphatic heterocycles. The van der Waals surface area contributed by atoms with Crippen molar-refractivity contribution < 1.29 is 0 Å². The predicted octanol–water partition coefficient (Wildman–Crippen LogP) is 1.99. The third-order valence-corrected chi connectivity index (χ3v) is 5.30. The summed E-state index contributed by atoms with van der Waals surface area (Å²) in [5.74, 6) is 2.66. The second kappa shape index (κ2) is 4.30. The lowest BCUT2D eigenvalue weighted by molar-refractivity contribution is 0.129. The Hall–Kier alpha value is -1.39. The molecule has 2 atom stereocenters. The molecule has 106 valence electrons. The number of H-pyrrole nitrogens is 1. The first-order valence-corrected chi connectivity index (χ1v) is 7.54. The third-order valence-electron chi connectivity index (χ3n) is 5.30. The van der Waals surface area contributed by atoms with Crippen LogP contribution in [-0.4, -0.2) is 40.0 Å². The average Bonchev–Trinajstić information content (AvgIpc) is 3.07. The van der Waals surface area contributed by atoms with Gasteiger partial charge in [-0.1, -0.05) is 12.1 Å². The first-order chi connectivity index (χ1) is 9.64. The zero-order valence-corrected chi connectivity index (χ0v) is 12.2. The summed E-state index contributed by atoms with van der Waals surface area (Å²) in [7, 11) is 0. The fourth-order valence-corrected chi connectivity index (χ4v) is 4.03. The molecule has 2 aliphatic rings. The maximum absolute atomic E-state index is 4.72. The standard InChI is InChI=1S/C16H22N4/c1-16(2)12-8-17-7-11(12)9-20(16)10-15-18-13-5-3-4-6-14(13)19-15/h3-6,11-12,17H,7-10H2,1-2H3,(H,18,19). The molecule has 1 aromatic carbocycles. The highest BCUT2D eigenvalue weighted by Gasteiger charge is 2.49. The molecule has 1 aromatic heterocycles. The molecule has 2 unspecified atom stereocenters. The van der Waals surface area contributed by atoms with Crippen molar-refractivity contribution in [2.45, 2.75) is 25.9 Å². The topological polar surface area (TPSA) is 44.0 Å². The summed E-state index contributed by atoms with van der Waals surface area (Å²) in [4.78, 5) is 10.8. The Morgan fingerprint density at radius 3 is 2.95 bits per heavy atom. The molecule has 4 nitrogen and oxygen atoms in total. The van der Waals surface area contributed by atoms with Crippen LogP contribution in [0.25, 0.3) is 11.0 Å². The van der Waals surface area contributed by atoms with E-state index in [1.54, 1.807) is 0 Å². The van der Waals surface area contributed by atoms with Crippen LogP contribution in [0.15, 0.2) is 24.3 Å². The van der Waals surface area contributed by atoms with Gasteiger partial charge in [0.15, 0.2) is 0 Å². The minimum atomic E-state index is 0.257. The van der Waals surface area contributed by atoms with E-state index in [4.69, 9.17) is 4.98 Å². The second-order valence-corrected chi connectivity index (χ2v) is 6.76. The molecule has 2 aromatic rings. The number of imidazole rings is 1. The van der Waals surface area contributed by atoms with Gasteiger partial charge in [-0.25, -0.2) is 4.98 Å². The Balaban J connectivity index is 1.59. The molecule has 4 rings (SSSR count). The first-order valence-electron chi connectivity index (χ1n) is 7.54. The molecule has 2 saturated heterocycles. The van der Waals surface area contributed by atoms with E-state index in [2.05, 4.69) is 47.2 Å². The van der Waals surface area contributed by atoms with E-state index >= 15 is 0 Å². The maximum Gasteiger partial charge on any atom is 0.121 e. The van der Waals surface area contributed by atoms with Crippen molar-refractivity contribution in [3.63, 3.8) is 0 Å². The second-order valence-electron chi connectivity index (χ2n) is 6.76. The summed E-state index contributed by atoms with van der Waals surface area (Å²) < 4.78 is 0. The number of aromatic amines is 1. The lowest BCUT2D eigenvalue weighted by Crippen LogP contribution is -2.44. The molecule has 0 spiro atoms. The number of rotatable bonds is 2. The summed E-state index contributed by atoms with van der Waals surface area (Å²) in [6.45, 7) is 9.20. The van der Waals surface area contributed by atoms with Crippen molar-refractivity contribution in [2.75, 3.05) is 19.6 Å². The highest BCUT2D eigenvalue weighted by Crippen LogP contribution is 2.41. The lowest BCUT2D eigenvalue weighted by atomic mass is 9.85. The van der Waals surface area contributed by atoms with Gasteiger partial charge in [-0.05, 0) is 44.4 Å². The first kappa shape index (κ1) is 12.4. The van der Waals surface area contributed by atoms with Crippen LogP contribution in [0.4, 0.5) is 0 Å². The van der Waals surface area contributed by atoms with Crippen molar-refractivity contribution in [3.05, 3.63) is 30.1 Å². The SMILES string of the molecule is CC1(C)C2CNCC2CN1Cc1nc2ccccc2[nH]1. The molecule has 2 fully saturated rings. The molecule has 2 N–H and O–H groups in total.